The monoisotopic (exact) mass is 105 g/mol. The summed E-state index contributed by atoms with van der Waals surface area (Å²) in [6, 6.07) is 0. The van der Waals surface area contributed by atoms with Gasteiger partial charge >= 0.3 is 0 Å². The van der Waals surface area contributed by atoms with E-state index < -0.39 is 6.23 Å². The summed E-state index contributed by atoms with van der Waals surface area (Å²) < 4.78 is 0. The second-order valence-electron chi connectivity index (χ2n) is 1.23. The normalized spacial score (nSPS) is 14.1. The van der Waals surface area contributed by atoms with Crippen molar-refractivity contribution in [1.29, 1.82) is 0 Å². The summed E-state index contributed by atoms with van der Waals surface area (Å²) in [6.45, 7) is 0.713. The van der Waals surface area contributed by atoms with Gasteiger partial charge in [0.05, 0.1) is 0 Å². The van der Waals surface area contributed by atoms with Crippen LogP contribution >= 0.6 is 0 Å². The van der Waals surface area contributed by atoms with E-state index in [1.165, 1.54) is 0 Å². The summed E-state index contributed by atoms with van der Waals surface area (Å²) in [5.41, 5.74) is 9.91. The lowest BCUT2D eigenvalue weighted by Gasteiger charge is -2.01. The molecule has 0 rings (SSSR count). The molecule has 4 nitrogen and oxygen atoms in total. The van der Waals surface area contributed by atoms with E-state index in [9.17, 15) is 0 Å². The van der Waals surface area contributed by atoms with Crippen LogP contribution in [0.5, 0.6) is 0 Å². The van der Waals surface area contributed by atoms with Crippen molar-refractivity contribution < 1.29 is 5.11 Å². The largest absolute Gasteiger partial charge is 0.377 e. The van der Waals surface area contributed by atoms with Crippen molar-refractivity contribution in [2.75, 3.05) is 13.2 Å². The van der Waals surface area contributed by atoms with E-state index in [0.29, 0.717) is 13.2 Å². The molecule has 0 aliphatic heterocycles. The van der Waals surface area contributed by atoms with Gasteiger partial charge in [0.2, 0.25) is 0 Å². The Balaban J connectivity index is 2.68. The highest BCUT2D eigenvalue weighted by Gasteiger charge is 1.88. The van der Waals surface area contributed by atoms with Crippen LogP contribution in [0.1, 0.15) is 0 Å². The molecule has 44 valence electrons. The van der Waals surface area contributed by atoms with E-state index in [-0.39, 0.29) is 0 Å². The van der Waals surface area contributed by atoms with Crippen LogP contribution < -0.4 is 16.8 Å². The zero-order valence-corrected chi connectivity index (χ0v) is 4.09. The average molecular weight is 105 g/mol. The molecule has 0 heterocycles. The molecule has 6 N–H and O–H groups in total. The summed E-state index contributed by atoms with van der Waals surface area (Å²) in [4.78, 5) is 0. The van der Waals surface area contributed by atoms with Gasteiger partial charge in [-0.15, -0.1) is 0 Å². The molecule has 0 bridgehead atoms. The second kappa shape index (κ2) is 4.01. The van der Waals surface area contributed by atoms with Gasteiger partial charge in [0.25, 0.3) is 0 Å². The fourth-order valence-corrected chi connectivity index (χ4v) is 0.231. The van der Waals surface area contributed by atoms with Gasteiger partial charge in [-0.2, -0.15) is 0 Å². The molecule has 1 unspecified atom stereocenters. The average Bonchev–Trinajstić information content (AvgIpc) is 1.61. The number of hydrogen-bond donors (Lipinski definition) is 4. The van der Waals surface area contributed by atoms with Crippen LogP contribution in [0, 0.1) is 0 Å². The lowest BCUT2D eigenvalue weighted by atomic mass is 10.6. The standard InChI is InChI=1S/C3H11N3O/c4-2-6-1-3(5)7/h3,6-7H,1-2,4-5H2. The zero-order chi connectivity index (χ0) is 5.70. The fraction of sp³-hybridized carbons (Fsp3) is 1.00. The molecule has 0 amide bonds. The van der Waals surface area contributed by atoms with Crippen molar-refractivity contribution in [3.8, 4) is 0 Å². The SMILES string of the molecule is NCNCC(N)O. The molecule has 0 spiro atoms. The third kappa shape index (κ3) is 5.84. The summed E-state index contributed by atoms with van der Waals surface area (Å²) in [7, 11) is 0. The van der Waals surface area contributed by atoms with E-state index in [2.05, 4.69) is 5.32 Å². The summed E-state index contributed by atoms with van der Waals surface area (Å²) in [5, 5.41) is 11.0. The molecule has 0 saturated heterocycles. The zero-order valence-electron chi connectivity index (χ0n) is 4.09. The number of aliphatic hydroxyl groups is 1. The third-order valence-electron chi connectivity index (χ3n) is 0.498. The van der Waals surface area contributed by atoms with Crippen molar-refractivity contribution in [3.63, 3.8) is 0 Å². The highest BCUT2D eigenvalue weighted by Crippen LogP contribution is 1.58. The van der Waals surface area contributed by atoms with Crippen LogP contribution in [-0.4, -0.2) is 24.5 Å². The molecule has 0 aromatic rings. The van der Waals surface area contributed by atoms with Gasteiger partial charge < -0.3 is 21.9 Å². The van der Waals surface area contributed by atoms with Gasteiger partial charge in [-0.25, -0.2) is 0 Å². The minimum absolute atomic E-state index is 0.355. The summed E-state index contributed by atoms with van der Waals surface area (Å²) >= 11 is 0. The quantitative estimate of drug-likeness (QED) is 0.306. The van der Waals surface area contributed by atoms with E-state index in [0.717, 1.165) is 0 Å². The van der Waals surface area contributed by atoms with Crippen molar-refractivity contribution in [3.05, 3.63) is 0 Å². The minimum atomic E-state index is -0.788. The van der Waals surface area contributed by atoms with Crippen LogP contribution in [0.4, 0.5) is 0 Å². The van der Waals surface area contributed by atoms with E-state index >= 15 is 0 Å². The van der Waals surface area contributed by atoms with Crippen molar-refractivity contribution in [2.24, 2.45) is 11.5 Å². The maximum absolute atomic E-state index is 8.34. The summed E-state index contributed by atoms with van der Waals surface area (Å²) in [6.07, 6.45) is -0.788. The Labute approximate surface area is 42.5 Å². The van der Waals surface area contributed by atoms with Gasteiger partial charge in [-0.1, -0.05) is 0 Å². The minimum Gasteiger partial charge on any atom is -0.377 e. The first-order chi connectivity index (χ1) is 3.27. The third-order valence-corrected chi connectivity index (χ3v) is 0.498. The topological polar surface area (TPSA) is 84.3 Å². The second-order valence-corrected chi connectivity index (χ2v) is 1.23. The predicted molar refractivity (Wildman–Crippen MR) is 27.3 cm³/mol. The van der Waals surface area contributed by atoms with Gasteiger partial charge in [-0.05, 0) is 0 Å². The Bertz CT molecular complexity index is 39.2. The highest BCUT2D eigenvalue weighted by molar-refractivity contribution is 4.45. The molecular formula is C3H11N3O. The van der Waals surface area contributed by atoms with Crippen LogP contribution in [0.15, 0.2) is 0 Å². The van der Waals surface area contributed by atoms with Crippen LogP contribution in [0.3, 0.4) is 0 Å². The fourth-order valence-electron chi connectivity index (χ4n) is 0.231. The van der Waals surface area contributed by atoms with E-state index in [1.54, 1.807) is 0 Å². The molecule has 0 radical (unpaired) electrons. The molecular weight excluding hydrogens is 94.1 g/mol. The molecule has 4 heteroatoms. The lowest BCUT2D eigenvalue weighted by molar-refractivity contribution is 0.179. The number of nitrogens with one attached hydrogen (secondary N) is 1. The molecule has 0 fully saturated rings. The van der Waals surface area contributed by atoms with Crippen molar-refractivity contribution >= 4 is 0 Å². The van der Waals surface area contributed by atoms with E-state index in [1.807, 2.05) is 0 Å². The maximum atomic E-state index is 8.34. The predicted octanol–water partition coefficient (Wildman–Crippen LogP) is -2.23. The van der Waals surface area contributed by atoms with Gasteiger partial charge in [-0.3, -0.25) is 0 Å². The first-order valence-corrected chi connectivity index (χ1v) is 2.12. The molecule has 0 saturated carbocycles. The number of nitrogens with two attached hydrogens (primary N) is 2. The number of aliphatic hydroxyl groups excluding tert-OH is 1. The van der Waals surface area contributed by atoms with Crippen LogP contribution in [-0.2, 0) is 0 Å². The first-order valence-electron chi connectivity index (χ1n) is 2.12. The molecule has 0 aromatic heterocycles. The number of hydrogen-bond acceptors (Lipinski definition) is 4. The Morgan fingerprint density at radius 3 is 2.43 bits per heavy atom. The van der Waals surface area contributed by atoms with Gasteiger partial charge in [0.15, 0.2) is 0 Å². The van der Waals surface area contributed by atoms with Crippen molar-refractivity contribution in [1.82, 2.24) is 5.32 Å². The highest BCUT2D eigenvalue weighted by atomic mass is 16.3. The summed E-state index contributed by atoms with van der Waals surface area (Å²) in [5.74, 6) is 0. The van der Waals surface area contributed by atoms with Gasteiger partial charge in [0.1, 0.15) is 6.23 Å². The Morgan fingerprint density at radius 2 is 2.29 bits per heavy atom. The lowest BCUT2D eigenvalue weighted by Crippen LogP contribution is -2.36. The van der Waals surface area contributed by atoms with Crippen LogP contribution in [0.25, 0.3) is 0 Å². The Kier molecular flexibility index (Phi) is 3.92. The van der Waals surface area contributed by atoms with Crippen molar-refractivity contribution in [2.45, 2.75) is 6.23 Å². The molecule has 7 heavy (non-hydrogen) atoms. The molecule has 0 aliphatic carbocycles. The van der Waals surface area contributed by atoms with E-state index in [4.69, 9.17) is 16.6 Å². The molecule has 1 atom stereocenters. The number of rotatable bonds is 3. The Morgan fingerprint density at radius 1 is 1.71 bits per heavy atom. The molecule has 0 aliphatic rings. The molecule has 0 aromatic carbocycles. The smallest absolute Gasteiger partial charge is 0.115 e. The first kappa shape index (κ1) is 6.84. The van der Waals surface area contributed by atoms with Gasteiger partial charge in [0, 0.05) is 13.2 Å². The van der Waals surface area contributed by atoms with Crippen LogP contribution in [0.2, 0.25) is 0 Å². The maximum Gasteiger partial charge on any atom is 0.115 e. The Hall–Kier alpha value is -0.160.